The molecule has 1 aromatic carbocycles. The lowest BCUT2D eigenvalue weighted by molar-refractivity contribution is -0.135. The predicted molar refractivity (Wildman–Crippen MR) is 118 cm³/mol. The fourth-order valence-corrected chi connectivity index (χ4v) is 5.08. The van der Waals surface area contributed by atoms with Crippen LogP contribution in [0.3, 0.4) is 0 Å². The number of carbonyl (C=O) groups excluding carboxylic acids is 2. The molecule has 1 saturated carbocycles. The summed E-state index contributed by atoms with van der Waals surface area (Å²) in [6.45, 7) is -0.268. The number of pyridine rings is 1. The average molecular weight is 469 g/mol. The van der Waals surface area contributed by atoms with Gasteiger partial charge in [0.2, 0.25) is 0 Å². The van der Waals surface area contributed by atoms with Crippen molar-refractivity contribution in [3.05, 3.63) is 53.1 Å². The number of Topliss-reactive ketones (excluding diaryl/α,β-unsaturated/α-hetero) is 2. The van der Waals surface area contributed by atoms with Crippen LogP contribution in [0.2, 0.25) is 0 Å². The van der Waals surface area contributed by atoms with Crippen LogP contribution in [0, 0.1) is 23.0 Å². The first-order valence-electron chi connectivity index (χ1n) is 10.8. The standard InChI is InChI=1S/C24H21F2N3O5/c25-16-1-3-17(4-2-16)29-10-14(23(33)34)7-13-8-18(26)22(27-21(13)29)28-6-5-24(12-28)19(31)9-15(11-30)20(24)32/h1-4,7-8,15,30H,5-6,9-12H2,(H,33,34). The van der Waals surface area contributed by atoms with Gasteiger partial charge in [0.15, 0.2) is 17.4 Å². The van der Waals surface area contributed by atoms with Crippen LogP contribution in [0.1, 0.15) is 18.4 Å². The molecule has 176 valence electrons. The molecule has 2 aromatic rings. The van der Waals surface area contributed by atoms with Crippen molar-refractivity contribution in [2.75, 3.05) is 36.0 Å². The Balaban J connectivity index is 1.55. The van der Waals surface area contributed by atoms with Crippen molar-refractivity contribution < 1.29 is 33.4 Å². The number of hydrogen-bond acceptors (Lipinski definition) is 7. The van der Waals surface area contributed by atoms with Gasteiger partial charge < -0.3 is 20.0 Å². The van der Waals surface area contributed by atoms with Crippen molar-refractivity contribution in [2.24, 2.45) is 11.3 Å². The summed E-state index contributed by atoms with van der Waals surface area (Å²) < 4.78 is 28.7. The van der Waals surface area contributed by atoms with Crippen LogP contribution >= 0.6 is 0 Å². The van der Waals surface area contributed by atoms with Gasteiger partial charge >= 0.3 is 5.97 Å². The quantitative estimate of drug-likeness (QED) is 0.657. The van der Waals surface area contributed by atoms with Crippen molar-refractivity contribution in [3.63, 3.8) is 0 Å². The number of carboxylic acid groups (broad SMARTS) is 1. The zero-order valence-electron chi connectivity index (χ0n) is 18.0. The number of aromatic nitrogens is 1. The first-order chi connectivity index (χ1) is 16.2. The molecular formula is C24H21F2N3O5. The molecule has 1 saturated heterocycles. The molecule has 34 heavy (non-hydrogen) atoms. The molecule has 0 radical (unpaired) electrons. The molecule has 1 spiro atoms. The SMILES string of the molecule is O=C(O)C1=Cc2cc(F)c(N3CCC4(C3)C(=O)CC(CO)C4=O)nc2N(c2ccc(F)cc2)C1. The van der Waals surface area contributed by atoms with E-state index in [2.05, 4.69) is 4.98 Å². The molecule has 2 N–H and O–H groups in total. The molecule has 2 atom stereocenters. The number of aliphatic hydroxyl groups excluding tert-OH is 1. The number of aliphatic hydroxyl groups is 1. The van der Waals surface area contributed by atoms with Crippen molar-refractivity contribution in [2.45, 2.75) is 12.8 Å². The molecule has 1 aliphatic carbocycles. The topological polar surface area (TPSA) is 111 Å². The van der Waals surface area contributed by atoms with E-state index < -0.39 is 35.5 Å². The van der Waals surface area contributed by atoms with Gasteiger partial charge in [-0.15, -0.1) is 0 Å². The van der Waals surface area contributed by atoms with Gasteiger partial charge in [-0.1, -0.05) is 0 Å². The van der Waals surface area contributed by atoms with Gasteiger partial charge in [0.25, 0.3) is 0 Å². The maximum absolute atomic E-state index is 15.2. The van der Waals surface area contributed by atoms with E-state index in [1.54, 1.807) is 9.80 Å². The molecule has 1 aromatic heterocycles. The van der Waals surface area contributed by atoms with Gasteiger partial charge in [-0.3, -0.25) is 9.59 Å². The molecule has 5 rings (SSSR count). The maximum Gasteiger partial charge on any atom is 0.333 e. The molecule has 3 aliphatic rings. The number of aliphatic carboxylic acids is 1. The second kappa shape index (κ2) is 7.98. The molecular weight excluding hydrogens is 448 g/mol. The fraction of sp³-hybridized carbons (Fsp3) is 0.333. The summed E-state index contributed by atoms with van der Waals surface area (Å²) in [6, 6.07) is 6.60. The molecule has 0 bridgehead atoms. The van der Waals surface area contributed by atoms with E-state index in [0.717, 1.165) is 0 Å². The van der Waals surface area contributed by atoms with Crippen molar-refractivity contribution in [3.8, 4) is 0 Å². The van der Waals surface area contributed by atoms with Gasteiger partial charge in [-0.25, -0.2) is 18.6 Å². The molecule has 2 fully saturated rings. The number of carbonyl (C=O) groups is 3. The smallest absolute Gasteiger partial charge is 0.333 e. The van der Waals surface area contributed by atoms with Crippen LogP contribution < -0.4 is 9.80 Å². The van der Waals surface area contributed by atoms with E-state index in [1.807, 2.05) is 0 Å². The second-order valence-electron chi connectivity index (χ2n) is 8.87. The number of anilines is 3. The van der Waals surface area contributed by atoms with Crippen LogP contribution in [0.4, 0.5) is 26.1 Å². The van der Waals surface area contributed by atoms with Crippen molar-refractivity contribution in [1.82, 2.24) is 4.98 Å². The Morgan fingerprint density at radius 1 is 1.18 bits per heavy atom. The molecule has 10 heteroatoms. The third-order valence-electron chi connectivity index (χ3n) is 6.89. The highest BCUT2D eigenvalue weighted by Gasteiger charge is 2.57. The summed E-state index contributed by atoms with van der Waals surface area (Å²) in [6.07, 6.45) is 1.54. The Morgan fingerprint density at radius 2 is 1.91 bits per heavy atom. The molecule has 2 unspecified atom stereocenters. The fourth-order valence-electron chi connectivity index (χ4n) is 5.08. The first kappa shape index (κ1) is 22.1. The lowest BCUT2D eigenvalue weighted by Gasteiger charge is -2.31. The Morgan fingerprint density at radius 3 is 2.56 bits per heavy atom. The number of rotatable bonds is 4. The minimum atomic E-state index is -1.27. The van der Waals surface area contributed by atoms with E-state index >= 15 is 4.39 Å². The lowest BCUT2D eigenvalue weighted by atomic mass is 9.82. The Labute approximate surface area is 193 Å². The molecule has 0 amide bonds. The Bertz CT molecular complexity index is 1250. The summed E-state index contributed by atoms with van der Waals surface area (Å²) in [4.78, 5) is 44.7. The number of nitrogens with zero attached hydrogens (tertiary/aromatic N) is 3. The van der Waals surface area contributed by atoms with Gasteiger partial charge in [0.05, 0.1) is 18.7 Å². The number of benzene rings is 1. The zero-order chi connectivity index (χ0) is 24.2. The Kier molecular flexibility index (Phi) is 5.20. The monoisotopic (exact) mass is 469 g/mol. The highest BCUT2D eigenvalue weighted by atomic mass is 19.1. The normalized spacial score (nSPS) is 24.1. The highest BCUT2D eigenvalue weighted by molar-refractivity contribution is 6.15. The summed E-state index contributed by atoms with van der Waals surface area (Å²) in [5, 5.41) is 19.0. The number of halogens is 2. The van der Waals surface area contributed by atoms with E-state index in [1.165, 1.54) is 36.4 Å². The largest absolute Gasteiger partial charge is 0.478 e. The van der Waals surface area contributed by atoms with Gasteiger partial charge in [-0.05, 0) is 42.8 Å². The first-order valence-corrected chi connectivity index (χ1v) is 10.8. The Hall–Kier alpha value is -3.66. The highest BCUT2D eigenvalue weighted by Crippen LogP contribution is 2.45. The van der Waals surface area contributed by atoms with Crippen LogP contribution in [0.15, 0.2) is 35.9 Å². The average Bonchev–Trinajstić information content (AvgIpc) is 3.36. The van der Waals surface area contributed by atoms with E-state index in [-0.39, 0.29) is 66.8 Å². The van der Waals surface area contributed by atoms with Crippen molar-refractivity contribution >= 4 is 40.9 Å². The van der Waals surface area contributed by atoms with E-state index in [4.69, 9.17) is 0 Å². The van der Waals surface area contributed by atoms with Gasteiger partial charge in [0, 0.05) is 36.7 Å². The van der Waals surface area contributed by atoms with Crippen LogP contribution in [0.25, 0.3) is 6.08 Å². The number of hydrogen-bond donors (Lipinski definition) is 2. The lowest BCUT2D eigenvalue weighted by Crippen LogP contribution is -2.38. The summed E-state index contributed by atoms with van der Waals surface area (Å²) >= 11 is 0. The van der Waals surface area contributed by atoms with Gasteiger partial charge in [0.1, 0.15) is 22.8 Å². The third-order valence-corrected chi connectivity index (χ3v) is 6.89. The maximum atomic E-state index is 15.2. The minimum absolute atomic E-state index is 0.0168. The summed E-state index contributed by atoms with van der Waals surface area (Å²) in [7, 11) is 0. The zero-order valence-corrected chi connectivity index (χ0v) is 18.0. The third kappa shape index (κ3) is 3.37. The van der Waals surface area contributed by atoms with Crippen LogP contribution in [-0.2, 0) is 14.4 Å². The number of ketones is 2. The van der Waals surface area contributed by atoms with Crippen LogP contribution in [0.5, 0.6) is 0 Å². The summed E-state index contributed by atoms with van der Waals surface area (Å²) in [5.74, 6) is -3.41. The summed E-state index contributed by atoms with van der Waals surface area (Å²) in [5.41, 5.74) is -0.534. The number of fused-ring (bicyclic) bond motifs is 1. The van der Waals surface area contributed by atoms with E-state index in [9.17, 15) is 29.0 Å². The van der Waals surface area contributed by atoms with Crippen molar-refractivity contribution in [1.29, 1.82) is 0 Å². The molecule has 2 aliphatic heterocycles. The number of carboxylic acids is 1. The van der Waals surface area contributed by atoms with Gasteiger partial charge in [-0.2, -0.15) is 0 Å². The van der Waals surface area contributed by atoms with E-state index in [0.29, 0.717) is 5.69 Å². The molecule has 3 heterocycles. The minimum Gasteiger partial charge on any atom is -0.478 e. The predicted octanol–water partition coefficient (Wildman–Crippen LogP) is 2.33. The second-order valence-corrected chi connectivity index (χ2v) is 8.87. The van der Waals surface area contributed by atoms with Crippen LogP contribution in [-0.4, -0.2) is 59.0 Å². The molecule has 8 nitrogen and oxygen atoms in total.